The first-order valence-corrected chi connectivity index (χ1v) is 5.89. The number of benzene rings is 1. The molecule has 3 N–H and O–H groups in total. The van der Waals surface area contributed by atoms with Gasteiger partial charge in [0.15, 0.2) is 0 Å². The molecule has 1 aliphatic carbocycles. The third kappa shape index (κ3) is 3.16. The Morgan fingerprint density at radius 2 is 2.00 bits per heavy atom. The van der Waals surface area contributed by atoms with Crippen LogP contribution in [0.4, 0.5) is 23.2 Å². The Morgan fingerprint density at radius 1 is 1.30 bits per heavy atom. The molecule has 2 unspecified atom stereocenters. The Morgan fingerprint density at radius 3 is 2.55 bits per heavy atom. The molecule has 1 amide bonds. The zero-order valence-corrected chi connectivity index (χ0v) is 10.2. The van der Waals surface area contributed by atoms with Gasteiger partial charge in [-0.1, -0.05) is 12.2 Å². The van der Waals surface area contributed by atoms with Crippen LogP contribution < -0.4 is 11.1 Å². The van der Waals surface area contributed by atoms with Crippen molar-refractivity contribution in [3.63, 3.8) is 0 Å². The third-order valence-electron chi connectivity index (χ3n) is 2.99. The van der Waals surface area contributed by atoms with Crippen molar-refractivity contribution in [2.24, 2.45) is 11.7 Å². The molecule has 1 aliphatic rings. The first-order valence-electron chi connectivity index (χ1n) is 5.89. The van der Waals surface area contributed by atoms with Crippen molar-refractivity contribution in [3.8, 4) is 0 Å². The zero-order valence-electron chi connectivity index (χ0n) is 10.2. The number of nitrogens with two attached hydrogens (primary N) is 1. The van der Waals surface area contributed by atoms with Crippen LogP contribution in [0.5, 0.6) is 0 Å². The van der Waals surface area contributed by atoms with Crippen molar-refractivity contribution in [1.29, 1.82) is 0 Å². The van der Waals surface area contributed by atoms with E-state index in [1.54, 1.807) is 12.2 Å². The second-order valence-corrected chi connectivity index (χ2v) is 4.57. The highest BCUT2D eigenvalue weighted by atomic mass is 19.4. The van der Waals surface area contributed by atoms with Crippen molar-refractivity contribution in [2.45, 2.75) is 18.6 Å². The van der Waals surface area contributed by atoms with Gasteiger partial charge in [-0.2, -0.15) is 13.2 Å². The van der Waals surface area contributed by atoms with Gasteiger partial charge in [-0.15, -0.1) is 0 Å². The molecule has 0 saturated heterocycles. The molecule has 20 heavy (non-hydrogen) atoms. The van der Waals surface area contributed by atoms with E-state index in [9.17, 15) is 22.4 Å². The number of halogens is 4. The molecule has 3 nitrogen and oxygen atoms in total. The molecule has 1 aromatic carbocycles. The number of carbonyl (C=O) groups excluding carboxylic acids is 1. The molecule has 0 radical (unpaired) electrons. The Kier molecular flexibility index (Phi) is 3.80. The molecule has 2 atom stereocenters. The maximum atomic E-state index is 13.1. The first-order chi connectivity index (χ1) is 9.27. The van der Waals surface area contributed by atoms with Gasteiger partial charge in [0.05, 0.1) is 11.5 Å². The number of alkyl halides is 3. The second kappa shape index (κ2) is 5.24. The summed E-state index contributed by atoms with van der Waals surface area (Å²) in [5.74, 6) is -2.32. The summed E-state index contributed by atoms with van der Waals surface area (Å²) in [6.07, 6.45) is -1.14. The van der Waals surface area contributed by atoms with Crippen molar-refractivity contribution in [3.05, 3.63) is 41.7 Å². The van der Waals surface area contributed by atoms with E-state index in [0.717, 1.165) is 6.07 Å². The monoisotopic (exact) mass is 288 g/mol. The zero-order chi connectivity index (χ0) is 14.9. The minimum atomic E-state index is -4.81. The highest BCUT2D eigenvalue weighted by Gasteiger charge is 2.34. The van der Waals surface area contributed by atoms with Gasteiger partial charge in [0.1, 0.15) is 5.82 Å². The summed E-state index contributed by atoms with van der Waals surface area (Å²) in [6, 6.07) is 2.10. The van der Waals surface area contributed by atoms with Gasteiger partial charge < -0.3 is 11.1 Å². The van der Waals surface area contributed by atoms with Crippen molar-refractivity contribution >= 4 is 11.6 Å². The Hall–Kier alpha value is -1.89. The van der Waals surface area contributed by atoms with Gasteiger partial charge in [0.2, 0.25) is 5.91 Å². The maximum Gasteiger partial charge on any atom is 0.419 e. The number of amides is 1. The van der Waals surface area contributed by atoms with Crippen LogP contribution in [-0.2, 0) is 11.0 Å². The minimum Gasteiger partial charge on any atom is -0.326 e. The minimum absolute atomic E-state index is 0.0994. The van der Waals surface area contributed by atoms with Crippen LogP contribution in [0.25, 0.3) is 0 Å². The van der Waals surface area contributed by atoms with Gasteiger partial charge in [-0.25, -0.2) is 4.39 Å². The quantitative estimate of drug-likeness (QED) is 0.649. The lowest BCUT2D eigenvalue weighted by molar-refractivity contribution is -0.140. The topological polar surface area (TPSA) is 55.1 Å². The van der Waals surface area contributed by atoms with E-state index < -0.39 is 29.4 Å². The molecule has 0 heterocycles. The fraction of sp³-hybridized carbons (Fsp3) is 0.308. The summed E-state index contributed by atoms with van der Waals surface area (Å²) in [6.45, 7) is 0. The first kappa shape index (κ1) is 14.5. The maximum absolute atomic E-state index is 13.1. The average Bonchev–Trinajstić information content (AvgIpc) is 2.77. The largest absolute Gasteiger partial charge is 0.419 e. The van der Waals surface area contributed by atoms with Crippen LogP contribution >= 0.6 is 0 Å². The average molecular weight is 288 g/mol. The van der Waals surface area contributed by atoms with Crippen LogP contribution in [0.2, 0.25) is 0 Å². The standard InChI is InChI=1S/C13H12F4N2O/c14-11-4-3-9(6-10(11)13(15,16)17)19-12(20)7-1-2-8(18)5-7/h1-4,6-8H,5,18H2,(H,19,20). The second-order valence-electron chi connectivity index (χ2n) is 4.57. The van der Waals surface area contributed by atoms with Gasteiger partial charge in [-0.3, -0.25) is 4.79 Å². The van der Waals surface area contributed by atoms with Gasteiger partial charge in [0.25, 0.3) is 0 Å². The fourth-order valence-electron chi connectivity index (χ4n) is 1.98. The van der Waals surface area contributed by atoms with Crippen LogP contribution in [0.15, 0.2) is 30.4 Å². The molecule has 0 fully saturated rings. The van der Waals surface area contributed by atoms with Crippen LogP contribution in [0.1, 0.15) is 12.0 Å². The molecule has 0 aromatic heterocycles. The number of anilines is 1. The van der Waals surface area contributed by atoms with E-state index in [0.29, 0.717) is 18.6 Å². The van der Waals surface area contributed by atoms with Crippen LogP contribution in [0, 0.1) is 11.7 Å². The molecular formula is C13H12F4N2O. The molecule has 0 spiro atoms. The summed E-state index contributed by atoms with van der Waals surface area (Å²) < 4.78 is 50.7. The SMILES string of the molecule is NC1C=CC(C(=O)Nc2ccc(F)c(C(F)(F)F)c2)C1. The van der Waals surface area contributed by atoms with E-state index in [2.05, 4.69) is 5.32 Å². The summed E-state index contributed by atoms with van der Waals surface area (Å²) in [7, 11) is 0. The van der Waals surface area contributed by atoms with Crippen molar-refractivity contribution < 1.29 is 22.4 Å². The van der Waals surface area contributed by atoms with Gasteiger partial charge in [-0.05, 0) is 24.6 Å². The number of hydrogen-bond donors (Lipinski definition) is 2. The molecule has 108 valence electrons. The number of hydrogen-bond acceptors (Lipinski definition) is 2. The van der Waals surface area contributed by atoms with Crippen LogP contribution in [0.3, 0.4) is 0 Å². The molecule has 1 aromatic rings. The lowest BCUT2D eigenvalue weighted by atomic mass is 10.1. The summed E-state index contributed by atoms with van der Waals surface area (Å²) in [5.41, 5.74) is 4.08. The predicted octanol–water partition coefficient (Wildman–Crippen LogP) is 2.69. The number of carbonyl (C=O) groups is 1. The van der Waals surface area contributed by atoms with Gasteiger partial charge >= 0.3 is 6.18 Å². The molecule has 7 heteroatoms. The summed E-state index contributed by atoms with van der Waals surface area (Å²) in [4.78, 5) is 11.8. The molecule has 0 aliphatic heterocycles. The van der Waals surface area contributed by atoms with E-state index in [1.807, 2.05) is 0 Å². The number of nitrogens with one attached hydrogen (secondary N) is 1. The molecule has 0 saturated carbocycles. The number of rotatable bonds is 2. The highest BCUT2D eigenvalue weighted by Crippen LogP contribution is 2.33. The van der Waals surface area contributed by atoms with E-state index in [-0.39, 0.29) is 11.7 Å². The fourth-order valence-corrected chi connectivity index (χ4v) is 1.98. The lowest BCUT2D eigenvalue weighted by Gasteiger charge is -2.13. The Balaban J connectivity index is 2.14. The molecule has 0 bridgehead atoms. The summed E-state index contributed by atoms with van der Waals surface area (Å²) >= 11 is 0. The van der Waals surface area contributed by atoms with E-state index in [4.69, 9.17) is 5.73 Å². The van der Waals surface area contributed by atoms with Gasteiger partial charge in [0, 0.05) is 11.7 Å². The van der Waals surface area contributed by atoms with E-state index >= 15 is 0 Å². The summed E-state index contributed by atoms with van der Waals surface area (Å²) in [5, 5.41) is 2.33. The normalized spacial score (nSPS) is 22.1. The highest BCUT2D eigenvalue weighted by molar-refractivity contribution is 5.94. The molecule has 2 rings (SSSR count). The Bertz CT molecular complexity index is 554. The lowest BCUT2D eigenvalue weighted by Crippen LogP contribution is -2.24. The van der Waals surface area contributed by atoms with Crippen molar-refractivity contribution in [1.82, 2.24) is 0 Å². The third-order valence-corrected chi connectivity index (χ3v) is 2.99. The van der Waals surface area contributed by atoms with E-state index in [1.165, 1.54) is 0 Å². The predicted molar refractivity (Wildman–Crippen MR) is 65.3 cm³/mol. The Labute approximate surface area is 112 Å². The molecular weight excluding hydrogens is 276 g/mol. The smallest absolute Gasteiger partial charge is 0.326 e. The van der Waals surface area contributed by atoms with Crippen molar-refractivity contribution in [2.75, 3.05) is 5.32 Å². The van der Waals surface area contributed by atoms with Crippen LogP contribution in [-0.4, -0.2) is 11.9 Å².